The molecule has 3 nitrogen and oxygen atoms in total. The third kappa shape index (κ3) is 0.902. The molecule has 0 spiro atoms. The Balaban J connectivity index is 2.63. The van der Waals surface area contributed by atoms with Crippen molar-refractivity contribution in [3.63, 3.8) is 0 Å². The summed E-state index contributed by atoms with van der Waals surface area (Å²) in [7, 11) is 0. The zero-order valence-electron chi connectivity index (χ0n) is 5.69. The van der Waals surface area contributed by atoms with Gasteiger partial charge in [0.25, 0.3) is 5.91 Å². The molecule has 0 aliphatic carbocycles. The van der Waals surface area contributed by atoms with Gasteiger partial charge >= 0.3 is 0 Å². The smallest absolute Gasteiger partial charge is 0.265 e. The van der Waals surface area contributed by atoms with Crippen molar-refractivity contribution in [3.8, 4) is 0 Å². The van der Waals surface area contributed by atoms with Crippen molar-refractivity contribution in [3.05, 3.63) is 35.4 Å². The van der Waals surface area contributed by atoms with Gasteiger partial charge in [0.05, 0.1) is 11.8 Å². The van der Waals surface area contributed by atoms with E-state index in [1.165, 1.54) is 0 Å². The van der Waals surface area contributed by atoms with E-state index in [4.69, 9.17) is 0 Å². The van der Waals surface area contributed by atoms with Crippen molar-refractivity contribution in [1.82, 2.24) is 5.43 Å². The van der Waals surface area contributed by atoms with E-state index in [-0.39, 0.29) is 5.91 Å². The van der Waals surface area contributed by atoms with Crippen LogP contribution in [0.25, 0.3) is 0 Å². The summed E-state index contributed by atoms with van der Waals surface area (Å²) in [5.74, 6) is -0.261. The van der Waals surface area contributed by atoms with Crippen LogP contribution >= 0.6 is 0 Å². The molecule has 0 bridgehead atoms. The highest BCUT2D eigenvalue weighted by molar-refractivity contribution is 6.04. The SMILES string of the molecule is O=C1[N]N=Cc2ccccc21. The quantitative estimate of drug-likeness (QED) is 0.532. The highest BCUT2D eigenvalue weighted by Gasteiger charge is 2.13. The first-order valence-electron chi connectivity index (χ1n) is 3.25. The second-order valence-electron chi connectivity index (χ2n) is 2.24. The summed E-state index contributed by atoms with van der Waals surface area (Å²) in [4.78, 5) is 11.0. The highest BCUT2D eigenvalue weighted by atomic mass is 16.2. The van der Waals surface area contributed by atoms with Crippen molar-refractivity contribution in [1.29, 1.82) is 0 Å². The average molecular weight is 145 g/mol. The summed E-state index contributed by atoms with van der Waals surface area (Å²) in [6.45, 7) is 0. The molecule has 1 amide bonds. The van der Waals surface area contributed by atoms with Gasteiger partial charge in [0.1, 0.15) is 0 Å². The lowest BCUT2D eigenvalue weighted by Crippen LogP contribution is -2.17. The van der Waals surface area contributed by atoms with E-state index in [0.29, 0.717) is 5.56 Å². The summed E-state index contributed by atoms with van der Waals surface area (Å²) >= 11 is 0. The van der Waals surface area contributed by atoms with Crippen LogP contribution in [-0.4, -0.2) is 12.1 Å². The molecule has 53 valence electrons. The first-order valence-corrected chi connectivity index (χ1v) is 3.25. The summed E-state index contributed by atoms with van der Waals surface area (Å²) in [6, 6.07) is 7.26. The number of amides is 1. The number of hydrogen-bond donors (Lipinski definition) is 0. The summed E-state index contributed by atoms with van der Waals surface area (Å²) in [5.41, 5.74) is 4.87. The minimum absolute atomic E-state index is 0.261. The van der Waals surface area contributed by atoms with Crippen LogP contribution in [0.1, 0.15) is 15.9 Å². The van der Waals surface area contributed by atoms with Gasteiger partial charge in [-0.1, -0.05) is 18.2 Å². The van der Waals surface area contributed by atoms with E-state index in [9.17, 15) is 4.79 Å². The van der Waals surface area contributed by atoms with E-state index < -0.39 is 0 Å². The molecule has 1 aliphatic rings. The Morgan fingerprint density at radius 1 is 1.18 bits per heavy atom. The lowest BCUT2D eigenvalue weighted by molar-refractivity contribution is 0.0948. The van der Waals surface area contributed by atoms with Crippen LogP contribution in [0.15, 0.2) is 29.4 Å². The standard InChI is InChI=1S/C8H5N2O/c11-8-7-4-2-1-3-6(7)5-9-10-8/h1-5H. The molecule has 0 N–H and O–H groups in total. The number of nitrogens with zero attached hydrogens (tertiary/aromatic N) is 2. The third-order valence-corrected chi connectivity index (χ3v) is 1.54. The molecule has 0 saturated carbocycles. The molecule has 0 unspecified atom stereocenters. The molecule has 2 rings (SSSR count). The lowest BCUT2D eigenvalue weighted by Gasteiger charge is -2.05. The number of benzene rings is 1. The zero-order valence-corrected chi connectivity index (χ0v) is 5.69. The highest BCUT2D eigenvalue weighted by Crippen LogP contribution is 2.09. The Bertz CT molecular complexity index is 331. The largest absolute Gasteiger partial charge is 0.296 e. The van der Waals surface area contributed by atoms with Gasteiger partial charge < -0.3 is 0 Å². The molecule has 1 aromatic carbocycles. The van der Waals surface area contributed by atoms with E-state index in [1.807, 2.05) is 18.2 Å². The number of hydrogen-bond acceptors (Lipinski definition) is 2. The molecule has 1 aliphatic heterocycles. The molecule has 11 heavy (non-hydrogen) atoms. The summed E-state index contributed by atoms with van der Waals surface area (Å²) < 4.78 is 0. The molecular formula is C8H5N2O. The minimum Gasteiger partial charge on any atom is -0.265 e. The Morgan fingerprint density at radius 2 is 2.00 bits per heavy atom. The molecule has 0 saturated heterocycles. The van der Waals surface area contributed by atoms with Crippen LogP contribution in [0.5, 0.6) is 0 Å². The van der Waals surface area contributed by atoms with E-state index in [1.54, 1.807) is 12.3 Å². The lowest BCUT2D eigenvalue weighted by atomic mass is 10.1. The number of carbonyl (C=O) groups is 1. The van der Waals surface area contributed by atoms with Gasteiger partial charge in [-0.2, -0.15) is 5.10 Å². The number of rotatable bonds is 0. The van der Waals surface area contributed by atoms with Crippen molar-refractivity contribution in [2.24, 2.45) is 5.10 Å². The second-order valence-corrected chi connectivity index (χ2v) is 2.24. The van der Waals surface area contributed by atoms with Crippen LogP contribution in [0.2, 0.25) is 0 Å². The maximum Gasteiger partial charge on any atom is 0.296 e. The predicted octanol–water partition coefficient (Wildman–Crippen LogP) is 0.779. The first kappa shape index (κ1) is 6.09. The van der Waals surface area contributed by atoms with E-state index >= 15 is 0 Å². The molecule has 1 aromatic rings. The van der Waals surface area contributed by atoms with E-state index in [2.05, 4.69) is 10.5 Å². The van der Waals surface area contributed by atoms with Crippen molar-refractivity contribution in [2.45, 2.75) is 0 Å². The predicted molar refractivity (Wildman–Crippen MR) is 40.5 cm³/mol. The van der Waals surface area contributed by atoms with Gasteiger partial charge in [0.2, 0.25) is 0 Å². The molecule has 1 heterocycles. The zero-order chi connectivity index (χ0) is 7.68. The second kappa shape index (κ2) is 2.20. The Hall–Kier alpha value is -1.64. The van der Waals surface area contributed by atoms with Crippen LogP contribution < -0.4 is 5.43 Å². The van der Waals surface area contributed by atoms with Crippen LogP contribution in [0.4, 0.5) is 0 Å². The van der Waals surface area contributed by atoms with Gasteiger partial charge in [0, 0.05) is 5.56 Å². The normalized spacial score (nSPS) is 14.0. The summed E-state index contributed by atoms with van der Waals surface area (Å²) in [5, 5.41) is 3.55. The topological polar surface area (TPSA) is 43.5 Å². The fourth-order valence-corrected chi connectivity index (χ4v) is 1.00. The van der Waals surface area contributed by atoms with Gasteiger partial charge in [0.15, 0.2) is 0 Å². The van der Waals surface area contributed by atoms with Gasteiger partial charge in [-0.15, -0.1) is 5.43 Å². The minimum atomic E-state index is -0.261. The van der Waals surface area contributed by atoms with Gasteiger partial charge in [-0.05, 0) is 6.07 Å². The maximum atomic E-state index is 11.0. The first-order chi connectivity index (χ1) is 5.38. The molecule has 0 atom stereocenters. The van der Waals surface area contributed by atoms with Crippen LogP contribution in [0, 0.1) is 0 Å². The molecule has 3 heteroatoms. The summed E-state index contributed by atoms with van der Waals surface area (Å²) in [6.07, 6.45) is 1.58. The molecule has 1 radical (unpaired) electrons. The average Bonchev–Trinajstić information content (AvgIpc) is 2.06. The fourth-order valence-electron chi connectivity index (χ4n) is 1.00. The monoisotopic (exact) mass is 145 g/mol. The maximum absolute atomic E-state index is 11.0. The van der Waals surface area contributed by atoms with E-state index in [0.717, 1.165) is 5.56 Å². The molecule has 0 aromatic heterocycles. The van der Waals surface area contributed by atoms with Gasteiger partial charge in [-0.25, -0.2) is 0 Å². The Kier molecular flexibility index (Phi) is 1.22. The van der Waals surface area contributed by atoms with Crippen molar-refractivity contribution in [2.75, 3.05) is 0 Å². The van der Waals surface area contributed by atoms with Gasteiger partial charge in [-0.3, -0.25) is 4.79 Å². The molecule has 0 fully saturated rings. The van der Waals surface area contributed by atoms with Crippen molar-refractivity contribution >= 4 is 12.1 Å². The van der Waals surface area contributed by atoms with Crippen LogP contribution in [0.3, 0.4) is 0 Å². The number of carbonyl (C=O) groups excluding carboxylic acids is 1. The number of fused-ring (bicyclic) bond motifs is 1. The Morgan fingerprint density at radius 3 is 2.82 bits per heavy atom. The van der Waals surface area contributed by atoms with Crippen LogP contribution in [-0.2, 0) is 0 Å². The van der Waals surface area contributed by atoms with Crippen molar-refractivity contribution < 1.29 is 4.79 Å². The fraction of sp³-hybridized carbons (Fsp3) is 0. The third-order valence-electron chi connectivity index (χ3n) is 1.54. The molecular weight excluding hydrogens is 140 g/mol. The Labute approximate surface area is 63.7 Å².